The van der Waals surface area contributed by atoms with Gasteiger partial charge in [0.25, 0.3) is 5.56 Å². The minimum Gasteiger partial charge on any atom is -0.444 e. The van der Waals surface area contributed by atoms with E-state index in [9.17, 15) is 9.59 Å². The molecule has 11 nitrogen and oxygen atoms in total. The van der Waals surface area contributed by atoms with Crippen LogP contribution in [-0.4, -0.2) is 52.7 Å². The van der Waals surface area contributed by atoms with Crippen molar-refractivity contribution in [2.75, 3.05) is 36.0 Å². The van der Waals surface area contributed by atoms with Crippen molar-refractivity contribution >= 4 is 28.5 Å². The van der Waals surface area contributed by atoms with Gasteiger partial charge in [0.2, 0.25) is 0 Å². The number of anilines is 2. The summed E-state index contributed by atoms with van der Waals surface area (Å²) in [6, 6.07) is 5.54. The Hall–Kier alpha value is -4.12. The molecule has 0 spiro atoms. The number of hydrogen-bond acceptors (Lipinski definition) is 6. The smallest absolute Gasteiger partial charge is 0.414 e. The van der Waals surface area contributed by atoms with Crippen LogP contribution >= 0.6 is 0 Å². The first-order valence-electron chi connectivity index (χ1n) is 10.2. The van der Waals surface area contributed by atoms with E-state index in [0.29, 0.717) is 17.6 Å². The number of aromatic nitrogens is 3. The van der Waals surface area contributed by atoms with Crippen LogP contribution in [0.1, 0.15) is 0 Å². The summed E-state index contributed by atoms with van der Waals surface area (Å²) in [6.07, 6.45) is 0.130. The molecule has 170 valence electrons. The van der Waals surface area contributed by atoms with Gasteiger partial charge < -0.3 is 9.64 Å². The van der Waals surface area contributed by atoms with E-state index < -0.39 is 23.8 Å². The highest BCUT2D eigenvalue weighted by Crippen LogP contribution is 2.31. The van der Waals surface area contributed by atoms with Crippen LogP contribution in [0.25, 0.3) is 21.5 Å². The number of benzene rings is 1. The summed E-state index contributed by atoms with van der Waals surface area (Å²) < 4.78 is 38.5. The summed E-state index contributed by atoms with van der Waals surface area (Å²) in [5.41, 5.74) is 8.53. The zero-order chi connectivity index (χ0) is 23.1. The average molecular weight is 456 g/mol. The predicted octanol–water partition coefficient (Wildman–Crippen LogP) is 2.63. The number of pyridine rings is 1. The summed E-state index contributed by atoms with van der Waals surface area (Å²) in [5, 5.41) is 3.87. The molecule has 0 saturated carbocycles. The molecule has 13 heteroatoms. The second-order valence-corrected chi connectivity index (χ2v) is 7.70. The Balaban J connectivity index is 1.40. The number of azide groups is 1. The number of carbonyl (C=O) groups excluding carboxylic acids is 1. The first-order valence-corrected chi connectivity index (χ1v) is 10.2. The van der Waals surface area contributed by atoms with Crippen molar-refractivity contribution in [3.63, 3.8) is 0 Å². The normalized spacial score (nSPS) is 18.1. The van der Waals surface area contributed by atoms with E-state index in [2.05, 4.69) is 15.0 Å². The number of cyclic esters (lactones) is 1. The molecule has 2 aromatic heterocycles. The lowest BCUT2D eigenvalue weighted by Gasteiger charge is -2.24. The molecule has 0 bridgehead atoms. The lowest BCUT2D eigenvalue weighted by molar-refractivity contribution is 0.145. The number of halogens is 2. The van der Waals surface area contributed by atoms with Gasteiger partial charge in [-0.15, -0.1) is 0 Å². The van der Waals surface area contributed by atoms with Crippen LogP contribution in [-0.2, 0) is 17.8 Å². The van der Waals surface area contributed by atoms with Crippen LogP contribution < -0.4 is 15.4 Å². The van der Waals surface area contributed by atoms with Gasteiger partial charge >= 0.3 is 6.09 Å². The van der Waals surface area contributed by atoms with Crippen molar-refractivity contribution in [3.05, 3.63) is 62.9 Å². The molecule has 1 amide bonds. The molecule has 0 unspecified atom stereocenters. The van der Waals surface area contributed by atoms with Crippen LogP contribution in [0.2, 0.25) is 0 Å². The third kappa shape index (κ3) is 3.52. The standard InChI is InChI=1S/C20H18F2N8O3/c21-15-8-12(28-11-13(10-25-26-23)33-20(28)32)9-16(22)17(15)27-4-6-29-18-14(2-1-3-24-18)19(31)30(29)7-5-27/h1-3,8-9,13H,4-7,10-11H2/t13-/m0/s1. The Morgan fingerprint density at radius 3 is 2.61 bits per heavy atom. The molecule has 1 aromatic carbocycles. The lowest BCUT2D eigenvalue weighted by Crippen LogP contribution is -2.30. The minimum absolute atomic E-state index is 0.00897. The Morgan fingerprint density at radius 2 is 1.88 bits per heavy atom. The SMILES string of the molecule is [N-]=[N+]=NC[C@H]1CN(c2cc(F)c(N3CCn4c(=O)c5cccnc5n4CC3)c(F)c2)C(=O)O1. The van der Waals surface area contributed by atoms with Crippen LogP contribution in [0.4, 0.5) is 25.0 Å². The molecule has 2 aliphatic rings. The van der Waals surface area contributed by atoms with Gasteiger partial charge in [-0.2, -0.15) is 0 Å². The highest BCUT2D eigenvalue weighted by atomic mass is 19.1. The zero-order valence-electron chi connectivity index (χ0n) is 17.3. The van der Waals surface area contributed by atoms with E-state index in [4.69, 9.17) is 10.3 Å². The summed E-state index contributed by atoms with van der Waals surface area (Å²) >= 11 is 0. The Kier molecular flexibility index (Phi) is 5.09. The van der Waals surface area contributed by atoms with Crippen molar-refractivity contribution in [1.82, 2.24) is 14.3 Å². The summed E-state index contributed by atoms with van der Waals surface area (Å²) in [6.45, 7) is 0.958. The van der Waals surface area contributed by atoms with E-state index in [1.54, 1.807) is 23.0 Å². The maximum Gasteiger partial charge on any atom is 0.414 e. The molecule has 3 aromatic rings. The summed E-state index contributed by atoms with van der Waals surface area (Å²) in [5.74, 6) is -1.67. The Bertz CT molecular complexity index is 1340. The Labute approximate surface area is 185 Å². The second-order valence-electron chi connectivity index (χ2n) is 7.70. The van der Waals surface area contributed by atoms with Crippen LogP contribution in [0.5, 0.6) is 0 Å². The van der Waals surface area contributed by atoms with E-state index in [1.807, 2.05) is 0 Å². The molecular formula is C20H18F2N8O3. The molecule has 5 rings (SSSR count). The number of fused-ring (bicyclic) bond motifs is 3. The van der Waals surface area contributed by atoms with E-state index >= 15 is 8.78 Å². The maximum atomic E-state index is 15.1. The molecule has 33 heavy (non-hydrogen) atoms. The third-order valence-electron chi connectivity index (χ3n) is 5.80. The highest BCUT2D eigenvalue weighted by Gasteiger charge is 2.33. The van der Waals surface area contributed by atoms with Crippen molar-refractivity contribution < 1.29 is 18.3 Å². The van der Waals surface area contributed by atoms with E-state index in [1.165, 1.54) is 9.58 Å². The first-order chi connectivity index (χ1) is 16.0. The van der Waals surface area contributed by atoms with E-state index in [-0.39, 0.29) is 49.7 Å². The van der Waals surface area contributed by atoms with Crippen LogP contribution in [0.3, 0.4) is 0 Å². The van der Waals surface area contributed by atoms with Gasteiger partial charge in [-0.25, -0.2) is 23.2 Å². The number of nitrogens with zero attached hydrogens (tertiary/aromatic N) is 8. The molecule has 1 saturated heterocycles. The third-order valence-corrected chi connectivity index (χ3v) is 5.80. The monoisotopic (exact) mass is 456 g/mol. The van der Waals surface area contributed by atoms with Gasteiger partial charge in [0.15, 0.2) is 17.3 Å². The molecule has 1 fully saturated rings. The predicted molar refractivity (Wildman–Crippen MR) is 114 cm³/mol. The van der Waals surface area contributed by atoms with E-state index in [0.717, 1.165) is 17.0 Å². The largest absolute Gasteiger partial charge is 0.444 e. The fourth-order valence-corrected chi connectivity index (χ4v) is 4.31. The fourth-order valence-electron chi connectivity index (χ4n) is 4.31. The highest BCUT2D eigenvalue weighted by molar-refractivity contribution is 5.90. The van der Waals surface area contributed by atoms with Gasteiger partial charge in [-0.3, -0.25) is 14.4 Å². The summed E-state index contributed by atoms with van der Waals surface area (Å²) in [4.78, 5) is 34.3. The molecule has 0 aliphatic carbocycles. The number of ether oxygens (including phenoxy) is 1. The molecule has 1 atom stereocenters. The topological polar surface area (TPSA) is 121 Å². The minimum atomic E-state index is -0.835. The molecule has 0 N–H and O–H groups in total. The molecule has 4 heterocycles. The maximum absolute atomic E-state index is 15.1. The van der Waals surface area contributed by atoms with Crippen molar-refractivity contribution in [3.8, 4) is 0 Å². The summed E-state index contributed by atoms with van der Waals surface area (Å²) in [7, 11) is 0. The fraction of sp³-hybridized carbons (Fsp3) is 0.350. The van der Waals surface area contributed by atoms with Gasteiger partial charge in [0.05, 0.1) is 37.3 Å². The van der Waals surface area contributed by atoms with Gasteiger partial charge in [0, 0.05) is 36.3 Å². The molecular weight excluding hydrogens is 438 g/mol. The first kappa shape index (κ1) is 20.8. The van der Waals surface area contributed by atoms with Crippen molar-refractivity contribution in [1.29, 1.82) is 0 Å². The quantitative estimate of drug-likeness (QED) is 0.339. The average Bonchev–Trinajstić information content (AvgIpc) is 3.20. The van der Waals surface area contributed by atoms with Crippen molar-refractivity contribution in [2.45, 2.75) is 19.2 Å². The zero-order valence-corrected chi connectivity index (χ0v) is 17.3. The molecule has 2 aliphatic heterocycles. The van der Waals surface area contributed by atoms with Crippen LogP contribution in [0.15, 0.2) is 40.4 Å². The lowest BCUT2D eigenvalue weighted by atomic mass is 10.2. The van der Waals surface area contributed by atoms with Crippen molar-refractivity contribution in [2.24, 2.45) is 5.11 Å². The number of amides is 1. The second kappa shape index (κ2) is 8.10. The Morgan fingerprint density at radius 1 is 1.15 bits per heavy atom. The molecule has 0 radical (unpaired) electrons. The number of carbonyl (C=O) groups is 1. The number of rotatable bonds is 4. The van der Waals surface area contributed by atoms with Gasteiger partial charge in [-0.05, 0) is 17.7 Å². The van der Waals surface area contributed by atoms with Gasteiger partial charge in [0.1, 0.15) is 11.8 Å². The number of hydrogen-bond donors (Lipinski definition) is 0. The van der Waals surface area contributed by atoms with Crippen LogP contribution in [0, 0.1) is 11.6 Å². The van der Waals surface area contributed by atoms with Gasteiger partial charge in [-0.1, -0.05) is 5.11 Å².